The fraction of sp³-hybridized carbons (Fsp3) is 0.111. The molecule has 0 saturated heterocycles. The maximum absolute atomic E-state index is 8.51. The Morgan fingerprint density at radius 2 is 2.38 bits per heavy atom. The van der Waals surface area contributed by atoms with Gasteiger partial charge in [0.1, 0.15) is 5.15 Å². The van der Waals surface area contributed by atoms with Crippen LogP contribution in [-0.4, -0.2) is 4.98 Å². The number of nitrogens with zero attached hydrogens (tertiary/aromatic N) is 2. The van der Waals surface area contributed by atoms with Gasteiger partial charge in [-0.3, -0.25) is 0 Å². The van der Waals surface area contributed by atoms with Crippen LogP contribution < -0.4 is 0 Å². The molecule has 0 fully saturated rings. The number of hydrogen-bond acceptors (Lipinski definition) is 3. The normalized spacial score (nSPS) is 10.2. The standard InChI is InChI=1S/C9H5ClN2S/c10-9-2-1-8-7(12-9)5-6(13-8)3-4-11/h1-2,5H,3H2. The van der Waals surface area contributed by atoms with E-state index in [1.807, 2.05) is 12.1 Å². The van der Waals surface area contributed by atoms with E-state index in [0.717, 1.165) is 15.1 Å². The molecule has 2 aromatic rings. The fourth-order valence-corrected chi connectivity index (χ4v) is 2.20. The summed E-state index contributed by atoms with van der Waals surface area (Å²) >= 11 is 7.32. The van der Waals surface area contributed by atoms with Crippen molar-refractivity contribution in [3.8, 4) is 6.07 Å². The average molecular weight is 209 g/mol. The maximum atomic E-state index is 8.51. The van der Waals surface area contributed by atoms with E-state index in [0.29, 0.717) is 11.6 Å². The van der Waals surface area contributed by atoms with Gasteiger partial charge in [0, 0.05) is 4.88 Å². The number of rotatable bonds is 1. The minimum atomic E-state index is 0.443. The lowest BCUT2D eigenvalue weighted by atomic mass is 10.3. The molecule has 0 aromatic carbocycles. The van der Waals surface area contributed by atoms with E-state index in [4.69, 9.17) is 16.9 Å². The van der Waals surface area contributed by atoms with Crippen LogP contribution in [0, 0.1) is 11.3 Å². The van der Waals surface area contributed by atoms with Gasteiger partial charge in [-0.25, -0.2) is 4.98 Å². The smallest absolute Gasteiger partial charge is 0.129 e. The molecule has 4 heteroatoms. The monoisotopic (exact) mass is 208 g/mol. The van der Waals surface area contributed by atoms with Crippen molar-refractivity contribution < 1.29 is 0 Å². The van der Waals surface area contributed by atoms with Crippen LogP contribution in [0.1, 0.15) is 4.88 Å². The van der Waals surface area contributed by atoms with Crippen molar-refractivity contribution in [2.45, 2.75) is 6.42 Å². The van der Waals surface area contributed by atoms with Crippen molar-refractivity contribution in [2.24, 2.45) is 0 Å². The number of hydrogen-bond donors (Lipinski definition) is 0. The van der Waals surface area contributed by atoms with Crippen LogP contribution in [0.2, 0.25) is 5.15 Å². The molecule has 2 heterocycles. The molecule has 0 aliphatic heterocycles. The Hall–Kier alpha value is -1.11. The van der Waals surface area contributed by atoms with Crippen LogP contribution in [0.25, 0.3) is 10.2 Å². The topological polar surface area (TPSA) is 36.7 Å². The number of thiophene rings is 1. The van der Waals surface area contributed by atoms with Crippen LogP contribution in [0.3, 0.4) is 0 Å². The highest BCUT2D eigenvalue weighted by Gasteiger charge is 2.02. The van der Waals surface area contributed by atoms with E-state index < -0.39 is 0 Å². The molecule has 0 N–H and O–H groups in total. The zero-order valence-corrected chi connectivity index (χ0v) is 8.19. The van der Waals surface area contributed by atoms with E-state index in [1.165, 1.54) is 0 Å². The minimum absolute atomic E-state index is 0.443. The Labute approximate surface area is 84.4 Å². The van der Waals surface area contributed by atoms with Gasteiger partial charge in [-0.2, -0.15) is 5.26 Å². The molecule has 2 nitrogen and oxygen atoms in total. The molecule has 0 radical (unpaired) electrons. The van der Waals surface area contributed by atoms with Gasteiger partial charge in [0.25, 0.3) is 0 Å². The summed E-state index contributed by atoms with van der Waals surface area (Å²) in [4.78, 5) is 5.18. The second kappa shape index (κ2) is 3.33. The Morgan fingerprint density at radius 3 is 3.15 bits per heavy atom. The highest BCUT2D eigenvalue weighted by molar-refractivity contribution is 7.19. The largest absolute Gasteiger partial charge is 0.235 e. The Kier molecular flexibility index (Phi) is 2.17. The van der Waals surface area contributed by atoms with Gasteiger partial charge in [0.2, 0.25) is 0 Å². The second-order valence-corrected chi connectivity index (χ2v) is 4.12. The summed E-state index contributed by atoms with van der Waals surface area (Å²) in [7, 11) is 0. The molecule has 2 aromatic heterocycles. The van der Waals surface area contributed by atoms with Crippen molar-refractivity contribution in [3.05, 3.63) is 28.2 Å². The number of nitriles is 1. The number of fused-ring (bicyclic) bond motifs is 1. The number of aromatic nitrogens is 1. The molecule has 0 bridgehead atoms. The Morgan fingerprint density at radius 1 is 1.54 bits per heavy atom. The predicted molar refractivity (Wildman–Crippen MR) is 53.9 cm³/mol. The molecular formula is C9H5ClN2S. The molecule has 0 aliphatic rings. The van der Waals surface area contributed by atoms with Crippen molar-refractivity contribution in [1.82, 2.24) is 4.98 Å². The summed E-state index contributed by atoms with van der Waals surface area (Å²) in [5.41, 5.74) is 0.878. The maximum Gasteiger partial charge on any atom is 0.129 e. The fourth-order valence-electron chi connectivity index (χ4n) is 1.12. The molecule has 0 saturated carbocycles. The molecule has 64 valence electrons. The summed E-state index contributed by atoms with van der Waals surface area (Å²) in [6, 6.07) is 7.71. The first-order valence-corrected chi connectivity index (χ1v) is 4.91. The number of pyridine rings is 1. The van der Waals surface area contributed by atoms with Gasteiger partial charge in [-0.05, 0) is 18.2 Å². The molecule has 0 aliphatic carbocycles. The van der Waals surface area contributed by atoms with Crippen molar-refractivity contribution in [2.75, 3.05) is 0 Å². The predicted octanol–water partition coefficient (Wildman–Crippen LogP) is 3.02. The Balaban J connectivity index is 2.57. The van der Waals surface area contributed by atoms with E-state index in [9.17, 15) is 0 Å². The van der Waals surface area contributed by atoms with Gasteiger partial charge in [-0.15, -0.1) is 11.3 Å². The Bertz CT molecular complexity index is 484. The summed E-state index contributed by atoms with van der Waals surface area (Å²) < 4.78 is 1.08. The first-order valence-electron chi connectivity index (χ1n) is 3.71. The first kappa shape index (κ1) is 8.49. The molecular weight excluding hydrogens is 204 g/mol. The molecule has 0 unspecified atom stereocenters. The van der Waals surface area contributed by atoms with Gasteiger partial charge in [0.05, 0.1) is 22.7 Å². The zero-order valence-electron chi connectivity index (χ0n) is 6.62. The summed E-state index contributed by atoms with van der Waals surface area (Å²) in [5.74, 6) is 0. The van der Waals surface area contributed by atoms with Crippen molar-refractivity contribution in [1.29, 1.82) is 5.26 Å². The second-order valence-electron chi connectivity index (χ2n) is 2.56. The molecule has 2 rings (SSSR count). The van der Waals surface area contributed by atoms with Crippen LogP contribution in [-0.2, 0) is 6.42 Å². The van der Waals surface area contributed by atoms with E-state index >= 15 is 0 Å². The third kappa shape index (κ3) is 1.64. The first-order chi connectivity index (χ1) is 6.29. The third-order valence-corrected chi connectivity index (χ3v) is 2.94. The van der Waals surface area contributed by atoms with Gasteiger partial charge >= 0.3 is 0 Å². The van der Waals surface area contributed by atoms with Gasteiger partial charge in [0.15, 0.2) is 0 Å². The van der Waals surface area contributed by atoms with Crippen molar-refractivity contribution >= 4 is 33.2 Å². The van der Waals surface area contributed by atoms with Crippen molar-refractivity contribution in [3.63, 3.8) is 0 Å². The summed E-state index contributed by atoms with van der Waals surface area (Å²) in [5, 5.41) is 9.00. The lowest BCUT2D eigenvalue weighted by molar-refractivity contribution is 1.32. The number of halogens is 1. The van der Waals surface area contributed by atoms with Crippen LogP contribution in [0.4, 0.5) is 0 Å². The summed E-state index contributed by atoms with van der Waals surface area (Å²) in [6.07, 6.45) is 0.443. The van der Waals surface area contributed by atoms with E-state index in [2.05, 4.69) is 11.1 Å². The van der Waals surface area contributed by atoms with Gasteiger partial charge < -0.3 is 0 Å². The van der Waals surface area contributed by atoms with Gasteiger partial charge in [-0.1, -0.05) is 11.6 Å². The minimum Gasteiger partial charge on any atom is -0.235 e. The molecule has 13 heavy (non-hydrogen) atoms. The summed E-state index contributed by atoms with van der Waals surface area (Å²) in [6.45, 7) is 0. The van der Waals surface area contributed by atoms with Crippen LogP contribution in [0.15, 0.2) is 18.2 Å². The zero-order chi connectivity index (χ0) is 9.26. The van der Waals surface area contributed by atoms with E-state index in [-0.39, 0.29) is 0 Å². The lowest BCUT2D eigenvalue weighted by Gasteiger charge is -1.87. The quantitative estimate of drug-likeness (QED) is 0.676. The highest BCUT2D eigenvalue weighted by atomic mass is 35.5. The van der Waals surface area contributed by atoms with Crippen LogP contribution >= 0.6 is 22.9 Å². The molecule has 0 amide bonds. The van der Waals surface area contributed by atoms with Crippen LogP contribution in [0.5, 0.6) is 0 Å². The third-order valence-electron chi connectivity index (χ3n) is 1.64. The molecule has 0 atom stereocenters. The highest BCUT2D eigenvalue weighted by Crippen LogP contribution is 2.25. The SMILES string of the molecule is N#CCc1cc2nc(Cl)ccc2s1. The molecule has 0 spiro atoms. The lowest BCUT2D eigenvalue weighted by Crippen LogP contribution is -1.72. The average Bonchev–Trinajstić information content (AvgIpc) is 2.46. The van der Waals surface area contributed by atoms with E-state index in [1.54, 1.807) is 17.4 Å².